The molecule has 0 saturated carbocycles. The highest BCUT2D eigenvalue weighted by molar-refractivity contribution is 5.86. The molecule has 1 aliphatic heterocycles. The number of ether oxygens (including phenoxy) is 1. The average molecular weight is 274 g/mol. The summed E-state index contributed by atoms with van der Waals surface area (Å²) in [7, 11) is 1.51. The van der Waals surface area contributed by atoms with Crippen molar-refractivity contribution < 1.29 is 19.4 Å². The van der Waals surface area contributed by atoms with E-state index in [4.69, 9.17) is 15.1 Å². The van der Waals surface area contributed by atoms with Crippen molar-refractivity contribution in [3.8, 4) is 11.8 Å². The summed E-state index contributed by atoms with van der Waals surface area (Å²) >= 11 is 0. The van der Waals surface area contributed by atoms with E-state index in [1.165, 1.54) is 12.0 Å². The van der Waals surface area contributed by atoms with Crippen LogP contribution in [0.15, 0.2) is 18.2 Å². The van der Waals surface area contributed by atoms with Crippen LogP contribution in [-0.2, 0) is 16.1 Å². The zero-order valence-electron chi connectivity index (χ0n) is 11.0. The Morgan fingerprint density at radius 1 is 1.60 bits per heavy atom. The quantitative estimate of drug-likeness (QED) is 0.884. The van der Waals surface area contributed by atoms with Crippen LogP contribution in [0, 0.1) is 17.2 Å². The first-order valence-electron chi connectivity index (χ1n) is 6.12. The van der Waals surface area contributed by atoms with Crippen LogP contribution in [0.4, 0.5) is 0 Å². The highest BCUT2D eigenvalue weighted by Crippen LogP contribution is 2.25. The molecule has 1 unspecified atom stereocenters. The van der Waals surface area contributed by atoms with Crippen LogP contribution in [0.1, 0.15) is 17.5 Å². The fraction of sp³-hybridized carbons (Fsp3) is 0.357. The maximum absolute atomic E-state index is 11.8. The monoisotopic (exact) mass is 274 g/mol. The fourth-order valence-corrected chi connectivity index (χ4v) is 2.27. The number of methoxy groups -OCH3 is 1. The van der Waals surface area contributed by atoms with Crippen LogP contribution in [0.5, 0.6) is 5.75 Å². The van der Waals surface area contributed by atoms with Crippen molar-refractivity contribution >= 4 is 11.9 Å². The number of carbonyl (C=O) groups is 2. The Labute approximate surface area is 116 Å². The second-order valence-electron chi connectivity index (χ2n) is 4.65. The highest BCUT2D eigenvalue weighted by Gasteiger charge is 2.34. The molecule has 0 aliphatic carbocycles. The number of hydrogen-bond acceptors (Lipinski definition) is 4. The van der Waals surface area contributed by atoms with Crippen molar-refractivity contribution in [1.82, 2.24) is 4.90 Å². The Bertz CT molecular complexity index is 591. The van der Waals surface area contributed by atoms with Crippen molar-refractivity contribution in [2.75, 3.05) is 13.7 Å². The molecule has 1 atom stereocenters. The van der Waals surface area contributed by atoms with Gasteiger partial charge in [0, 0.05) is 25.1 Å². The van der Waals surface area contributed by atoms with Crippen LogP contribution < -0.4 is 4.74 Å². The highest BCUT2D eigenvalue weighted by atomic mass is 16.5. The van der Waals surface area contributed by atoms with Gasteiger partial charge < -0.3 is 14.7 Å². The van der Waals surface area contributed by atoms with Gasteiger partial charge in [0.1, 0.15) is 5.75 Å². The van der Waals surface area contributed by atoms with Gasteiger partial charge in [-0.25, -0.2) is 0 Å². The molecule has 6 nitrogen and oxygen atoms in total. The number of nitriles is 1. The molecule has 1 N–H and O–H groups in total. The summed E-state index contributed by atoms with van der Waals surface area (Å²) in [5, 5.41) is 17.9. The second-order valence-corrected chi connectivity index (χ2v) is 4.65. The molecule has 2 rings (SSSR count). The fourth-order valence-electron chi connectivity index (χ4n) is 2.27. The van der Waals surface area contributed by atoms with Crippen LogP contribution in [0.25, 0.3) is 0 Å². The van der Waals surface area contributed by atoms with E-state index in [0.717, 1.165) is 0 Å². The first-order valence-corrected chi connectivity index (χ1v) is 6.12. The smallest absolute Gasteiger partial charge is 0.308 e. The molecular formula is C14H14N2O4. The van der Waals surface area contributed by atoms with Gasteiger partial charge in [0.15, 0.2) is 0 Å². The maximum atomic E-state index is 11.8. The summed E-state index contributed by atoms with van der Waals surface area (Å²) in [5.41, 5.74) is 1.17. The molecule has 20 heavy (non-hydrogen) atoms. The van der Waals surface area contributed by atoms with Gasteiger partial charge in [-0.05, 0) is 18.2 Å². The molecule has 0 aromatic heterocycles. The van der Waals surface area contributed by atoms with E-state index in [-0.39, 0.29) is 25.4 Å². The Morgan fingerprint density at radius 3 is 2.90 bits per heavy atom. The SMILES string of the molecule is COc1ccc(C#N)cc1CN1CC(C(=O)O)CC1=O. The van der Waals surface area contributed by atoms with Crippen molar-refractivity contribution in [2.24, 2.45) is 5.92 Å². The number of amides is 1. The molecule has 6 heteroatoms. The van der Waals surface area contributed by atoms with Crippen molar-refractivity contribution in [3.63, 3.8) is 0 Å². The Hall–Kier alpha value is -2.55. The molecular weight excluding hydrogens is 260 g/mol. The van der Waals surface area contributed by atoms with Gasteiger partial charge in [-0.3, -0.25) is 9.59 Å². The van der Waals surface area contributed by atoms with Gasteiger partial charge in [0.05, 0.1) is 24.7 Å². The number of carbonyl (C=O) groups excluding carboxylic acids is 1. The van der Waals surface area contributed by atoms with E-state index >= 15 is 0 Å². The molecule has 1 fully saturated rings. The van der Waals surface area contributed by atoms with E-state index in [1.807, 2.05) is 6.07 Å². The molecule has 104 valence electrons. The summed E-state index contributed by atoms with van der Waals surface area (Å²) in [6.45, 7) is 0.440. The van der Waals surface area contributed by atoms with Gasteiger partial charge in [-0.2, -0.15) is 5.26 Å². The first kappa shape index (κ1) is 13.9. The number of hydrogen-bond donors (Lipinski definition) is 1. The summed E-state index contributed by atoms with van der Waals surface area (Å²) in [6.07, 6.45) is 0.0234. The number of nitrogens with zero attached hydrogens (tertiary/aromatic N) is 2. The summed E-state index contributed by atoms with van der Waals surface area (Å²) in [5.74, 6) is -1.23. The van der Waals surface area contributed by atoms with E-state index in [2.05, 4.69) is 0 Å². The molecule has 1 aliphatic rings. The molecule has 0 spiro atoms. The predicted octanol–water partition coefficient (Wildman–Crippen LogP) is 1.000. The minimum absolute atomic E-state index is 0.0234. The van der Waals surface area contributed by atoms with E-state index in [9.17, 15) is 9.59 Å². The summed E-state index contributed by atoms with van der Waals surface area (Å²) in [4.78, 5) is 24.2. The summed E-state index contributed by atoms with van der Waals surface area (Å²) < 4.78 is 5.20. The zero-order valence-corrected chi connectivity index (χ0v) is 11.0. The molecule has 1 heterocycles. The number of aliphatic carboxylic acids is 1. The lowest BCUT2D eigenvalue weighted by Crippen LogP contribution is -2.26. The molecule has 0 bridgehead atoms. The second kappa shape index (κ2) is 5.61. The Morgan fingerprint density at radius 2 is 2.35 bits per heavy atom. The van der Waals surface area contributed by atoms with Crippen LogP contribution >= 0.6 is 0 Å². The molecule has 1 saturated heterocycles. The van der Waals surface area contributed by atoms with Gasteiger partial charge in [-0.15, -0.1) is 0 Å². The van der Waals surface area contributed by atoms with Crippen molar-refractivity contribution in [1.29, 1.82) is 5.26 Å². The van der Waals surface area contributed by atoms with Crippen LogP contribution in [-0.4, -0.2) is 35.5 Å². The third kappa shape index (κ3) is 2.72. The number of rotatable bonds is 4. The van der Waals surface area contributed by atoms with E-state index < -0.39 is 11.9 Å². The van der Waals surface area contributed by atoms with Gasteiger partial charge in [-0.1, -0.05) is 0 Å². The van der Waals surface area contributed by atoms with Crippen molar-refractivity contribution in [3.05, 3.63) is 29.3 Å². The van der Waals surface area contributed by atoms with Gasteiger partial charge in [0.25, 0.3) is 0 Å². The standard InChI is InChI=1S/C14H14N2O4/c1-20-12-3-2-9(6-15)4-10(12)7-16-8-11(14(18)19)5-13(16)17/h2-4,11H,5,7-8H2,1H3,(H,18,19). The number of likely N-dealkylation sites (tertiary alicyclic amines) is 1. The first-order chi connectivity index (χ1) is 9.55. The zero-order chi connectivity index (χ0) is 14.7. The molecule has 1 aromatic rings. The lowest BCUT2D eigenvalue weighted by Gasteiger charge is -2.18. The molecule has 1 amide bonds. The van der Waals surface area contributed by atoms with E-state index in [0.29, 0.717) is 16.9 Å². The number of benzene rings is 1. The van der Waals surface area contributed by atoms with E-state index in [1.54, 1.807) is 18.2 Å². The van der Waals surface area contributed by atoms with Gasteiger partial charge >= 0.3 is 5.97 Å². The topological polar surface area (TPSA) is 90.6 Å². The van der Waals surface area contributed by atoms with Gasteiger partial charge in [0.2, 0.25) is 5.91 Å². The van der Waals surface area contributed by atoms with Crippen LogP contribution in [0.3, 0.4) is 0 Å². The minimum atomic E-state index is -0.960. The average Bonchev–Trinajstić information content (AvgIpc) is 2.80. The largest absolute Gasteiger partial charge is 0.496 e. The van der Waals surface area contributed by atoms with Crippen LogP contribution in [0.2, 0.25) is 0 Å². The summed E-state index contributed by atoms with van der Waals surface area (Å²) in [6, 6.07) is 6.98. The normalized spacial score (nSPS) is 17.9. The molecule has 1 aromatic carbocycles. The lowest BCUT2D eigenvalue weighted by atomic mass is 10.1. The maximum Gasteiger partial charge on any atom is 0.308 e. The number of carboxylic acids is 1. The third-order valence-corrected chi connectivity index (χ3v) is 3.33. The van der Waals surface area contributed by atoms with Crippen molar-refractivity contribution in [2.45, 2.75) is 13.0 Å². The Balaban J connectivity index is 2.20. The Kier molecular flexibility index (Phi) is 3.89. The predicted molar refractivity (Wildman–Crippen MR) is 68.9 cm³/mol. The molecule has 0 radical (unpaired) electrons. The lowest BCUT2D eigenvalue weighted by molar-refractivity contribution is -0.141. The minimum Gasteiger partial charge on any atom is -0.496 e. The number of carboxylic acid groups (broad SMARTS) is 1. The third-order valence-electron chi connectivity index (χ3n) is 3.33.